The van der Waals surface area contributed by atoms with Gasteiger partial charge in [-0.3, -0.25) is 4.79 Å². The molecule has 1 unspecified atom stereocenters. The largest absolute Gasteiger partial charge is 0.370 e. The minimum Gasteiger partial charge on any atom is -0.370 e. The first-order valence-corrected chi connectivity index (χ1v) is 8.63. The Bertz CT molecular complexity index is 255. The Morgan fingerprint density at radius 3 is 2.10 bits per heavy atom. The van der Waals surface area contributed by atoms with Gasteiger partial charge in [-0.2, -0.15) is 0 Å². The molecule has 20 heavy (non-hydrogen) atoms. The van der Waals surface area contributed by atoms with Crippen molar-refractivity contribution in [3.05, 3.63) is 0 Å². The normalized spacial score (nSPS) is 19.6. The van der Waals surface area contributed by atoms with Gasteiger partial charge in [-0.25, -0.2) is 0 Å². The number of rotatable bonds is 11. The van der Waals surface area contributed by atoms with Crippen LogP contribution < -0.4 is 0 Å². The minimum atomic E-state index is 0.166. The summed E-state index contributed by atoms with van der Waals surface area (Å²) in [5.41, 5.74) is 0. The molecule has 0 aromatic heterocycles. The first-order chi connectivity index (χ1) is 9.75. The number of unbranched alkanes of at least 4 members (excludes halogenated alkanes) is 9. The average Bonchev–Trinajstić information content (AvgIpc) is 2.43. The Kier molecular flexibility index (Phi) is 9.73. The lowest BCUT2D eigenvalue weighted by Crippen LogP contribution is -2.48. The van der Waals surface area contributed by atoms with Crippen molar-refractivity contribution in [3.8, 4) is 0 Å². The van der Waals surface area contributed by atoms with E-state index in [0.717, 1.165) is 13.0 Å². The maximum absolute atomic E-state index is 11.7. The lowest BCUT2D eigenvalue weighted by Gasteiger charge is -2.33. The summed E-state index contributed by atoms with van der Waals surface area (Å²) in [7, 11) is 0. The highest BCUT2D eigenvalue weighted by Gasteiger charge is 2.24. The van der Waals surface area contributed by atoms with Gasteiger partial charge in [-0.15, -0.1) is 0 Å². The topological polar surface area (TPSA) is 29.5 Å². The number of ether oxygens (including phenoxy) is 1. The van der Waals surface area contributed by atoms with Crippen LogP contribution in [0.3, 0.4) is 0 Å². The molecule has 118 valence electrons. The fraction of sp³-hybridized carbons (Fsp3) is 0.941. The second-order valence-corrected chi connectivity index (χ2v) is 6.13. The number of hydrogen-bond acceptors (Lipinski definition) is 2. The summed E-state index contributed by atoms with van der Waals surface area (Å²) < 4.78 is 5.23. The molecule has 1 aliphatic heterocycles. The summed E-state index contributed by atoms with van der Waals surface area (Å²) in [5.74, 6) is 0.166. The molecule has 1 rings (SSSR count). The van der Waals surface area contributed by atoms with Crippen molar-refractivity contribution < 1.29 is 9.53 Å². The van der Waals surface area contributed by atoms with Gasteiger partial charge < -0.3 is 9.64 Å². The van der Waals surface area contributed by atoms with Crippen LogP contribution >= 0.6 is 0 Å². The van der Waals surface area contributed by atoms with Crippen LogP contribution in [0.5, 0.6) is 0 Å². The summed E-state index contributed by atoms with van der Waals surface area (Å²) in [6.45, 7) is 6.24. The summed E-state index contributed by atoms with van der Waals surface area (Å²) >= 11 is 0. The number of nitrogens with zero attached hydrogens (tertiary/aromatic N) is 1. The SMILES string of the molecule is CCCCCCCCCCCCN1C(=O)COCC1C. The van der Waals surface area contributed by atoms with E-state index in [9.17, 15) is 4.79 Å². The molecule has 1 saturated heterocycles. The van der Waals surface area contributed by atoms with Crippen LogP contribution in [0.4, 0.5) is 0 Å². The molecule has 0 aliphatic carbocycles. The molecule has 0 aromatic rings. The number of morpholine rings is 1. The maximum atomic E-state index is 11.7. The molecule has 1 aliphatic rings. The molecule has 0 N–H and O–H groups in total. The highest BCUT2D eigenvalue weighted by Crippen LogP contribution is 2.13. The standard InChI is InChI=1S/C17H33NO2/c1-3-4-5-6-7-8-9-10-11-12-13-18-16(2)14-20-15-17(18)19/h16H,3-15H2,1-2H3. The van der Waals surface area contributed by atoms with Crippen LogP contribution in [0, 0.1) is 0 Å². The van der Waals surface area contributed by atoms with E-state index in [1.54, 1.807) is 0 Å². The number of carbonyl (C=O) groups excluding carboxylic acids is 1. The molecular formula is C17H33NO2. The van der Waals surface area contributed by atoms with Crippen molar-refractivity contribution in [3.63, 3.8) is 0 Å². The van der Waals surface area contributed by atoms with E-state index in [1.165, 1.54) is 57.8 Å². The third-order valence-corrected chi connectivity index (χ3v) is 4.19. The summed E-state index contributed by atoms with van der Waals surface area (Å²) in [4.78, 5) is 13.7. The van der Waals surface area contributed by atoms with E-state index in [-0.39, 0.29) is 18.6 Å². The molecule has 0 bridgehead atoms. The fourth-order valence-corrected chi connectivity index (χ4v) is 2.85. The third-order valence-electron chi connectivity index (χ3n) is 4.19. The van der Waals surface area contributed by atoms with Gasteiger partial charge in [-0.1, -0.05) is 64.7 Å². The molecule has 0 saturated carbocycles. The van der Waals surface area contributed by atoms with E-state index >= 15 is 0 Å². The minimum absolute atomic E-state index is 0.166. The van der Waals surface area contributed by atoms with Gasteiger partial charge in [0.1, 0.15) is 6.61 Å². The summed E-state index contributed by atoms with van der Waals surface area (Å²) in [5, 5.41) is 0. The zero-order chi connectivity index (χ0) is 14.6. The van der Waals surface area contributed by atoms with E-state index in [4.69, 9.17) is 4.74 Å². The second-order valence-electron chi connectivity index (χ2n) is 6.13. The van der Waals surface area contributed by atoms with Crippen molar-refractivity contribution in [1.82, 2.24) is 4.90 Å². The predicted molar refractivity (Wildman–Crippen MR) is 83.8 cm³/mol. The lowest BCUT2D eigenvalue weighted by atomic mass is 10.1. The summed E-state index contributed by atoms with van der Waals surface area (Å²) in [6.07, 6.45) is 13.4. The van der Waals surface area contributed by atoms with Gasteiger partial charge in [0, 0.05) is 6.54 Å². The van der Waals surface area contributed by atoms with E-state index < -0.39 is 0 Å². The van der Waals surface area contributed by atoms with Crippen molar-refractivity contribution in [2.24, 2.45) is 0 Å². The van der Waals surface area contributed by atoms with E-state index in [2.05, 4.69) is 13.8 Å². The van der Waals surface area contributed by atoms with Crippen LogP contribution in [0.1, 0.15) is 78.1 Å². The zero-order valence-electron chi connectivity index (χ0n) is 13.5. The van der Waals surface area contributed by atoms with Crippen LogP contribution in [0.15, 0.2) is 0 Å². The van der Waals surface area contributed by atoms with Gasteiger partial charge in [-0.05, 0) is 13.3 Å². The monoisotopic (exact) mass is 283 g/mol. The Labute approximate surface area is 125 Å². The van der Waals surface area contributed by atoms with Gasteiger partial charge >= 0.3 is 0 Å². The average molecular weight is 283 g/mol. The van der Waals surface area contributed by atoms with Crippen LogP contribution in [-0.2, 0) is 9.53 Å². The highest BCUT2D eigenvalue weighted by molar-refractivity contribution is 5.78. The fourth-order valence-electron chi connectivity index (χ4n) is 2.85. The molecular weight excluding hydrogens is 250 g/mol. The van der Waals surface area contributed by atoms with Crippen molar-refractivity contribution in [1.29, 1.82) is 0 Å². The molecule has 3 nitrogen and oxygen atoms in total. The first-order valence-electron chi connectivity index (χ1n) is 8.63. The van der Waals surface area contributed by atoms with Crippen molar-refractivity contribution in [2.45, 2.75) is 84.1 Å². The quantitative estimate of drug-likeness (QED) is 0.533. The maximum Gasteiger partial charge on any atom is 0.248 e. The van der Waals surface area contributed by atoms with Gasteiger partial charge in [0.25, 0.3) is 0 Å². The van der Waals surface area contributed by atoms with Crippen LogP contribution in [0.25, 0.3) is 0 Å². The van der Waals surface area contributed by atoms with Crippen LogP contribution in [0.2, 0.25) is 0 Å². The molecule has 1 atom stereocenters. The summed E-state index contributed by atoms with van der Waals surface area (Å²) in [6, 6.07) is 0.259. The molecule has 0 aromatic carbocycles. The Morgan fingerprint density at radius 1 is 1.00 bits per heavy atom. The van der Waals surface area contributed by atoms with E-state index in [1.807, 2.05) is 4.90 Å². The Balaban J connectivity index is 1.90. The van der Waals surface area contributed by atoms with Gasteiger partial charge in [0.2, 0.25) is 5.91 Å². The third kappa shape index (κ3) is 7.28. The van der Waals surface area contributed by atoms with Gasteiger partial charge in [0.05, 0.1) is 12.6 Å². The van der Waals surface area contributed by atoms with E-state index in [0.29, 0.717) is 6.61 Å². The molecule has 3 heteroatoms. The molecule has 0 radical (unpaired) electrons. The molecule has 1 heterocycles. The molecule has 0 spiro atoms. The first kappa shape index (κ1) is 17.5. The zero-order valence-corrected chi connectivity index (χ0v) is 13.5. The highest BCUT2D eigenvalue weighted by atomic mass is 16.5. The smallest absolute Gasteiger partial charge is 0.248 e. The predicted octanol–water partition coefficient (Wildman–Crippen LogP) is 4.15. The van der Waals surface area contributed by atoms with Gasteiger partial charge in [0.15, 0.2) is 0 Å². The Hall–Kier alpha value is -0.570. The molecule has 1 fully saturated rings. The number of carbonyl (C=O) groups is 1. The van der Waals surface area contributed by atoms with Crippen molar-refractivity contribution >= 4 is 5.91 Å². The van der Waals surface area contributed by atoms with Crippen molar-refractivity contribution in [2.75, 3.05) is 19.8 Å². The molecule has 1 amide bonds. The second kappa shape index (κ2) is 11.1. The van der Waals surface area contributed by atoms with Crippen LogP contribution in [-0.4, -0.2) is 36.6 Å². The number of hydrogen-bond donors (Lipinski definition) is 0. The Morgan fingerprint density at radius 2 is 1.55 bits per heavy atom. The lowest BCUT2D eigenvalue weighted by molar-refractivity contribution is -0.147. The number of amides is 1.